The molecule has 0 radical (unpaired) electrons. The third kappa shape index (κ3) is 4.79. The van der Waals surface area contributed by atoms with E-state index in [1.54, 1.807) is 48.5 Å². The van der Waals surface area contributed by atoms with Crippen molar-refractivity contribution < 1.29 is 22.4 Å². The molecule has 0 bridgehead atoms. The fraction of sp³-hybridized carbons (Fsp3) is 0.150. The highest BCUT2D eigenvalue weighted by Gasteiger charge is 2.28. The maximum atomic E-state index is 13.1. The summed E-state index contributed by atoms with van der Waals surface area (Å²) in [5, 5.41) is 2.70. The zero-order valence-electron chi connectivity index (χ0n) is 15.2. The number of anilines is 1. The standard InChI is InChI=1S/C20H20N2O5S/c1-26-17-9-11-19(12-10-17)28(24,25)22(14-18-8-5-13-27-18)15-20(23)21-16-6-3-2-4-7-16/h2-13H,14-15H2,1H3,(H,21,23). The van der Waals surface area contributed by atoms with E-state index in [0.29, 0.717) is 17.2 Å². The van der Waals surface area contributed by atoms with Crippen molar-refractivity contribution in [2.24, 2.45) is 0 Å². The second-order valence-electron chi connectivity index (χ2n) is 5.94. The van der Waals surface area contributed by atoms with Crippen LogP contribution < -0.4 is 10.1 Å². The van der Waals surface area contributed by atoms with Crippen molar-refractivity contribution in [3.63, 3.8) is 0 Å². The number of nitrogens with zero attached hydrogens (tertiary/aromatic N) is 1. The normalized spacial score (nSPS) is 11.4. The second kappa shape index (κ2) is 8.73. The Morgan fingerprint density at radius 3 is 2.36 bits per heavy atom. The Morgan fingerprint density at radius 1 is 1.04 bits per heavy atom. The number of benzene rings is 2. The van der Waals surface area contributed by atoms with Crippen molar-refractivity contribution in [2.75, 3.05) is 19.0 Å². The molecule has 1 aromatic heterocycles. The number of furan rings is 1. The molecule has 28 heavy (non-hydrogen) atoms. The van der Waals surface area contributed by atoms with Crippen molar-refractivity contribution >= 4 is 21.6 Å². The van der Waals surface area contributed by atoms with Crippen LogP contribution in [-0.2, 0) is 21.4 Å². The molecule has 7 nitrogen and oxygen atoms in total. The Kier molecular flexibility index (Phi) is 6.13. The van der Waals surface area contributed by atoms with E-state index >= 15 is 0 Å². The first kappa shape index (κ1) is 19.7. The van der Waals surface area contributed by atoms with Gasteiger partial charge in [0, 0.05) is 5.69 Å². The summed E-state index contributed by atoms with van der Waals surface area (Å²) >= 11 is 0. The van der Waals surface area contributed by atoms with Crippen LogP contribution in [0.3, 0.4) is 0 Å². The molecule has 1 heterocycles. The first-order chi connectivity index (χ1) is 13.5. The van der Waals surface area contributed by atoms with E-state index in [0.717, 1.165) is 4.31 Å². The lowest BCUT2D eigenvalue weighted by Gasteiger charge is -2.21. The Balaban J connectivity index is 1.84. The predicted octanol–water partition coefficient (Wildman–Crippen LogP) is 3.12. The molecule has 0 unspecified atom stereocenters. The van der Waals surface area contributed by atoms with Crippen molar-refractivity contribution in [3.8, 4) is 5.75 Å². The van der Waals surface area contributed by atoms with Crippen LogP contribution in [-0.4, -0.2) is 32.3 Å². The number of nitrogens with one attached hydrogen (secondary N) is 1. The van der Waals surface area contributed by atoms with E-state index in [4.69, 9.17) is 9.15 Å². The lowest BCUT2D eigenvalue weighted by atomic mass is 10.3. The Hall–Kier alpha value is -3.10. The van der Waals surface area contributed by atoms with Gasteiger partial charge in [0.25, 0.3) is 0 Å². The van der Waals surface area contributed by atoms with Gasteiger partial charge in [0.15, 0.2) is 0 Å². The zero-order valence-corrected chi connectivity index (χ0v) is 16.1. The van der Waals surface area contributed by atoms with E-state index < -0.39 is 15.9 Å². The van der Waals surface area contributed by atoms with E-state index in [1.807, 2.05) is 6.07 Å². The van der Waals surface area contributed by atoms with Crippen LogP contribution in [0.4, 0.5) is 5.69 Å². The lowest BCUT2D eigenvalue weighted by Crippen LogP contribution is -2.37. The minimum absolute atomic E-state index is 0.0624. The summed E-state index contributed by atoms with van der Waals surface area (Å²) in [6, 6.07) is 18.2. The van der Waals surface area contributed by atoms with E-state index in [9.17, 15) is 13.2 Å². The summed E-state index contributed by atoms with van der Waals surface area (Å²) in [6.07, 6.45) is 1.46. The SMILES string of the molecule is COc1ccc(S(=O)(=O)N(CC(=O)Nc2ccccc2)Cc2ccco2)cc1. The minimum Gasteiger partial charge on any atom is -0.497 e. The molecule has 0 atom stereocenters. The number of carbonyl (C=O) groups is 1. The molecule has 0 aliphatic rings. The van der Waals surface area contributed by atoms with Gasteiger partial charge in [0.2, 0.25) is 15.9 Å². The molecule has 8 heteroatoms. The smallest absolute Gasteiger partial charge is 0.243 e. The summed E-state index contributed by atoms with van der Waals surface area (Å²) in [4.78, 5) is 12.5. The van der Waals surface area contributed by atoms with E-state index in [-0.39, 0.29) is 18.0 Å². The Bertz CT molecular complexity index is 1000. The minimum atomic E-state index is -3.93. The van der Waals surface area contributed by atoms with E-state index in [2.05, 4.69) is 5.32 Å². The van der Waals surface area contributed by atoms with Crippen LogP contribution in [0.5, 0.6) is 5.75 Å². The molecule has 146 valence electrons. The summed E-state index contributed by atoms with van der Waals surface area (Å²) in [5.74, 6) is 0.526. The highest BCUT2D eigenvalue weighted by molar-refractivity contribution is 7.89. The van der Waals surface area contributed by atoms with Crippen molar-refractivity contribution in [3.05, 3.63) is 78.8 Å². The molecule has 0 aliphatic heterocycles. The molecule has 1 amide bonds. The number of amides is 1. The average molecular weight is 400 g/mol. The fourth-order valence-corrected chi connectivity index (χ4v) is 3.94. The zero-order chi connectivity index (χ0) is 20.0. The fourth-order valence-electron chi connectivity index (χ4n) is 2.58. The number of hydrogen-bond acceptors (Lipinski definition) is 5. The molecule has 2 aromatic carbocycles. The monoisotopic (exact) mass is 400 g/mol. The van der Waals surface area contributed by atoms with Gasteiger partial charge in [-0.05, 0) is 48.5 Å². The number of sulfonamides is 1. The lowest BCUT2D eigenvalue weighted by molar-refractivity contribution is -0.116. The number of rotatable bonds is 8. The summed E-state index contributed by atoms with van der Waals surface area (Å²) < 4.78 is 37.6. The Labute approximate surface area is 163 Å². The van der Waals surface area contributed by atoms with Crippen LogP contribution in [0.15, 0.2) is 82.3 Å². The summed E-state index contributed by atoms with van der Waals surface area (Å²) in [7, 11) is -2.43. The molecule has 0 fully saturated rings. The predicted molar refractivity (Wildman–Crippen MR) is 104 cm³/mol. The van der Waals surface area contributed by atoms with Gasteiger partial charge in [-0.15, -0.1) is 0 Å². The Morgan fingerprint density at radius 2 is 1.75 bits per heavy atom. The van der Waals surface area contributed by atoms with Crippen molar-refractivity contribution in [2.45, 2.75) is 11.4 Å². The highest BCUT2D eigenvalue weighted by atomic mass is 32.2. The largest absolute Gasteiger partial charge is 0.497 e. The van der Waals surface area contributed by atoms with Gasteiger partial charge < -0.3 is 14.5 Å². The molecule has 0 saturated carbocycles. The van der Waals surface area contributed by atoms with Crippen molar-refractivity contribution in [1.29, 1.82) is 0 Å². The van der Waals surface area contributed by atoms with Crippen LogP contribution in [0.25, 0.3) is 0 Å². The number of ether oxygens (including phenoxy) is 1. The maximum Gasteiger partial charge on any atom is 0.243 e. The van der Waals surface area contributed by atoms with Crippen LogP contribution in [0.2, 0.25) is 0 Å². The van der Waals surface area contributed by atoms with Crippen molar-refractivity contribution in [1.82, 2.24) is 4.31 Å². The third-order valence-corrected chi connectivity index (χ3v) is 5.79. The number of para-hydroxylation sites is 1. The molecule has 0 saturated heterocycles. The number of hydrogen-bond donors (Lipinski definition) is 1. The maximum absolute atomic E-state index is 13.1. The molecule has 1 N–H and O–H groups in total. The van der Waals surface area contributed by atoms with Crippen LogP contribution in [0.1, 0.15) is 5.76 Å². The topological polar surface area (TPSA) is 88.9 Å². The van der Waals surface area contributed by atoms with Gasteiger partial charge >= 0.3 is 0 Å². The van der Waals surface area contributed by atoms with Gasteiger partial charge in [-0.2, -0.15) is 4.31 Å². The molecule has 3 rings (SSSR count). The number of carbonyl (C=O) groups excluding carboxylic acids is 1. The molecular weight excluding hydrogens is 380 g/mol. The molecule has 3 aromatic rings. The average Bonchev–Trinajstić information content (AvgIpc) is 3.21. The highest BCUT2D eigenvalue weighted by Crippen LogP contribution is 2.21. The van der Waals surface area contributed by atoms with Gasteiger partial charge in [-0.3, -0.25) is 4.79 Å². The van der Waals surface area contributed by atoms with Gasteiger partial charge in [0.05, 0.1) is 31.4 Å². The first-order valence-corrected chi connectivity index (χ1v) is 9.94. The quantitative estimate of drug-likeness (QED) is 0.628. The third-order valence-electron chi connectivity index (χ3n) is 3.99. The summed E-state index contributed by atoms with van der Waals surface area (Å²) in [6.45, 7) is -0.423. The van der Waals surface area contributed by atoms with E-state index in [1.165, 1.54) is 25.5 Å². The van der Waals surface area contributed by atoms with Gasteiger partial charge in [-0.25, -0.2) is 8.42 Å². The second-order valence-corrected chi connectivity index (χ2v) is 7.88. The molecule has 0 aliphatic carbocycles. The van der Waals surface area contributed by atoms with Gasteiger partial charge in [-0.1, -0.05) is 18.2 Å². The first-order valence-electron chi connectivity index (χ1n) is 8.50. The molecular formula is C20H20N2O5S. The van der Waals surface area contributed by atoms with Gasteiger partial charge in [0.1, 0.15) is 11.5 Å². The molecule has 0 spiro atoms. The number of methoxy groups -OCH3 is 1. The summed E-state index contributed by atoms with van der Waals surface area (Å²) in [5.41, 5.74) is 0.590. The van der Waals surface area contributed by atoms with Crippen LogP contribution >= 0.6 is 0 Å². The van der Waals surface area contributed by atoms with Crippen LogP contribution in [0, 0.1) is 0 Å².